The van der Waals surface area contributed by atoms with Crippen LogP contribution in [0.4, 0.5) is 5.69 Å². The standard InChI is InChI=1S/C46H30.C10H11N/c1-2-11-29-20-22-30(23-21-29)31-24-25-44-40(26-31)36-16-7-9-18-42(36)46(44)43-19-10-8-17-37(43)41-27-38-34-14-5-3-12-32(34)33-13-4-6-15-35(33)39(38)28-45(41)46;1-2-3-9-11-10-7-5-4-6-8-10/h2-28H,1H3;2-9,11H,1H2/b11-2-;9-3+. The Labute approximate surface area is 334 Å². The topological polar surface area (TPSA) is 12.0 Å². The van der Waals surface area contributed by atoms with E-state index in [1.807, 2.05) is 42.6 Å². The summed E-state index contributed by atoms with van der Waals surface area (Å²) >= 11 is 0. The summed E-state index contributed by atoms with van der Waals surface area (Å²) in [4.78, 5) is 0. The van der Waals surface area contributed by atoms with Crippen LogP contribution in [0, 0.1) is 0 Å². The monoisotopic (exact) mass is 727 g/mol. The molecule has 0 aromatic heterocycles. The van der Waals surface area contributed by atoms with Gasteiger partial charge < -0.3 is 5.32 Å². The molecule has 57 heavy (non-hydrogen) atoms. The number of anilines is 1. The van der Waals surface area contributed by atoms with Gasteiger partial charge >= 0.3 is 0 Å². The van der Waals surface area contributed by atoms with E-state index in [-0.39, 0.29) is 5.41 Å². The van der Waals surface area contributed by atoms with Crippen LogP contribution in [0.25, 0.3) is 71.8 Å². The second-order valence-electron chi connectivity index (χ2n) is 14.9. The van der Waals surface area contributed by atoms with Gasteiger partial charge in [-0.2, -0.15) is 0 Å². The number of hydrogen-bond acceptors (Lipinski definition) is 1. The van der Waals surface area contributed by atoms with E-state index in [2.05, 4.69) is 183 Å². The minimum atomic E-state index is -0.382. The molecule has 0 saturated heterocycles. The molecule has 0 radical (unpaired) electrons. The predicted octanol–water partition coefficient (Wildman–Crippen LogP) is 15.0. The molecule has 270 valence electrons. The highest BCUT2D eigenvalue weighted by atomic mass is 14.8. The average molecular weight is 728 g/mol. The van der Waals surface area contributed by atoms with Gasteiger partial charge in [0.2, 0.25) is 0 Å². The van der Waals surface area contributed by atoms with Gasteiger partial charge in [0.15, 0.2) is 0 Å². The first kappa shape index (κ1) is 34.3. The summed E-state index contributed by atoms with van der Waals surface area (Å²) in [5.41, 5.74) is 15.3. The molecule has 1 unspecified atom stereocenters. The van der Waals surface area contributed by atoms with Gasteiger partial charge in [-0.05, 0) is 137 Å². The highest BCUT2D eigenvalue weighted by Crippen LogP contribution is 2.63. The summed E-state index contributed by atoms with van der Waals surface area (Å²) in [7, 11) is 0. The van der Waals surface area contributed by atoms with E-state index in [9.17, 15) is 0 Å². The Morgan fingerprint density at radius 1 is 0.439 bits per heavy atom. The first-order valence-electron chi connectivity index (χ1n) is 19.7. The van der Waals surface area contributed by atoms with Gasteiger partial charge in [-0.3, -0.25) is 0 Å². The van der Waals surface area contributed by atoms with Crippen LogP contribution in [0.2, 0.25) is 0 Å². The molecule has 1 spiro atoms. The van der Waals surface area contributed by atoms with Crippen molar-refractivity contribution >= 4 is 44.1 Å². The fourth-order valence-electron chi connectivity index (χ4n) is 9.44. The maximum atomic E-state index is 3.57. The van der Waals surface area contributed by atoms with Crippen molar-refractivity contribution in [2.24, 2.45) is 0 Å². The van der Waals surface area contributed by atoms with E-state index in [0.717, 1.165) is 5.69 Å². The lowest BCUT2D eigenvalue weighted by Gasteiger charge is -2.31. The quantitative estimate of drug-likeness (QED) is 0.137. The highest BCUT2D eigenvalue weighted by molar-refractivity contribution is 6.26. The predicted molar refractivity (Wildman–Crippen MR) is 245 cm³/mol. The number of nitrogens with one attached hydrogen (secondary N) is 1. The molecule has 11 rings (SSSR count). The number of para-hydroxylation sites is 1. The molecule has 2 aliphatic carbocycles. The smallest absolute Gasteiger partial charge is 0.0725 e. The molecule has 1 heteroatoms. The zero-order chi connectivity index (χ0) is 38.3. The molecule has 1 N–H and O–H groups in total. The lowest BCUT2D eigenvalue weighted by atomic mass is 9.70. The zero-order valence-electron chi connectivity index (χ0n) is 31.9. The van der Waals surface area contributed by atoms with Gasteiger partial charge in [0.25, 0.3) is 0 Å². The van der Waals surface area contributed by atoms with Crippen molar-refractivity contribution in [2.75, 3.05) is 5.32 Å². The van der Waals surface area contributed by atoms with Gasteiger partial charge in [0.1, 0.15) is 0 Å². The third-order valence-corrected chi connectivity index (χ3v) is 11.8. The third-order valence-electron chi connectivity index (χ3n) is 11.8. The van der Waals surface area contributed by atoms with E-state index in [1.165, 1.54) is 93.5 Å². The third kappa shape index (κ3) is 5.46. The summed E-state index contributed by atoms with van der Waals surface area (Å²) < 4.78 is 0. The zero-order valence-corrected chi connectivity index (χ0v) is 31.9. The normalized spacial score (nSPS) is 14.8. The molecule has 0 amide bonds. The molecule has 0 aliphatic heterocycles. The maximum absolute atomic E-state index is 3.57. The molecule has 1 atom stereocenters. The van der Waals surface area contributed by atoms with E-state index in [4.69, 9.17) is 0 Å². The SMILES string of the molecule is C/C=C\c1ccc(-c2ccc3c(c2)-c2ccccc2C32c3ccccc3-c3cc4c5ccccc5c5ccccc5c4cc32)cc1.C=C/C=C/Nc1ccccc1. The number of benzene rings is 9. The van der Waals surface area contributed by atoms with Crippen LogP contribution < -0.4 is 5.32 Å². The maximum Gasteiger partial charge on any atom is 0.0725 e. The van der Waals surface area contributed by atoms with Gasteiger partial charge in [-0.1, -0.05) is 176 Å². The Kier molecular flexibility index (Phi) is 8.50. The van der Waals surface area contributed by atoms with E-state index < -0.39 is 0 Å². The lowest BCUT2D eigenvalue weighted by molar-refractivity contribution is 0.795. The molecule has 1 nitrogen and oxygen atoms in total. The summed E-state index contributed by atoms with van der Waals surface area (Å²) in [5.74, 6) is 0. The summed E-state index contributed by atoms with van der Waals surface area (Å²) in [6.45, 7) is 5.63. The Morgan fingerprint density at radius 3 is 1.56 bits per heavy atom. The molecule has 0 heterocycles. The van der Waals surface area contributed by atoms with Crippen LogP contribution in [0.5, 0.6) is 0 Å². The molecule has 0 saturated carbocycles. The molecular formula is C56H41N. The molecule has 2 aliphatic rings. The molecule has 0 fully saturated rings. The van der Waals surface area contributed by atoms with Crippen LogP contribution in [-0.4, -0.2) is 0 Å². The van der Waals surface area contributed by atoms with Gasteiger partial charge in [-0.15, -0.1) is 0 Å². The molecular weight excluding hydrogens is 687 g/mol. The summed E-state index contributed by atoms with van der Waals surface area (Å²) in [5, 5.41) is 11.0. The molecule has 9 aromatic carbocycles. The van der Waals surface area contributed by atoms with Crippen LogP contribution in [-0.2, 0) is 5.41 Å². The van der Waals surface area contributed by atoms with Crippen molar-refractivity contribution in [3.63, 3.8) is 0 Å². The van der Waals surface area contributed by atoms with Crippen molar-refractivity contribution in [1.82, 2.24) is 0 Å². The van der Waals surface area contributed by atoms with Crippen molar-refractivity contribution in [3.8, 4) is 33.4 Å². The van der Waals surface area contributed by atoms with Crippen molar-refractivity contribution < 1.29 is 0 Å². The largest absolute Gasteiger partial charge is 0.362 e. The fraction of sp³-hybridized carbons (Fsp3) is 0.0357. The van der Waals surface area contributed by atoms with Crippen LogP contribution >= 0.6 is 0 Å². The minimum Gasteiger partial charge on any atom is -0.362 e. The Balaban J connectivity index is 0.000000314. The molecule has 0 bridgehead atoms. The number of rotatable bonds is 5. The van der Waals surface area contributed by atoms with Crippen molar-refractivity contribution in [3.05, 3.63) is 241 Å². The Hall–Kier alpha value is -7.22. The number of hydrogen-bond donors (Lipinski definition) is 1. The summed E-state index contributed by atoms with van der Waals surface area (Å²) in [6.07, 6.45) is 9.68. The summed E-state index contributed by atoms with van der Waals surface area (Å²) in [6, 6.07) is 67.2. The average Bonchev–Trinajstić information content (AvgIpc) is 3.73. The van der Waals surface area contributed by atoms with Crippen LogP contribution in [0.1, 0.15) is 34.7 Å². The number of fused-ring (bicyclic) bond motifs is 16. The van der Waals surface area contributed by atoms with Crippen molar-refractivity contribution in [2.45, 2.75) is 12.3 Å². The highest BCUT2D eigenvalue weighted by Gasteiger charge is 2.51. The lowest BCUT2D eigenvalue weighted by Crippen LogP contribution is -2.25. The first-order chi connectivity index (χ1) is 28.2. The van der Waals surface area contributed by atoms with Gasteiger partial charge in [-0.25, -0.2) is 0 Å². The second kappa shape index (κ2) is 14.1. The van der Waals surface area contributed by atoms with Gasteiger partial charge in [0, 0.05) is 11.9 Å². The van der Waals surface area contributed by atoms with E-state index in [1.54, 1.807) is 6.08 Å². The minimum absolute atomic E-state index is 0.382. The molecule has 9 aromatic rings. The Bertz CT molecular complexity index is 3060. The fourth-order valence-corrected chi connectivity index (χ4v) is 9.44. The second-order valence-corrected chi connectivity index (χ2v) is 14.9. The Morgan fingerprint density at radius 2 is 0.947 bits per heavy atom. The van der Waals surface area contributed by atoms with E-state index >= 15 is 0 Å². The van der Waals surface area contributed by atoms with E-state index in [0.29, 0.717) is 0 Å². The first-order valence-corrected chi connectivity index (χ1v) is 19.7. The van der Waals surface area contributed by atoms with Crippen molar-refractivity contribution in [1.29, 1.82) is 0 Å². The van der Waals surface area contributed by atoms with Crippen LogP contribution in [0.3, 0.4) is 0 Å². The van der Waals surface area contributed by atoms with Crippen LogP contribution in [0.15, 0.2) is 213 Å². The van der Waals surface area contributed by atoms with Gasteiger partial charge in [0.05, 0.1) is 5.41 Å². The number of allylic oxidation sites excluding steroid dienone is 3.